The van der Waals surface area contributed by atoms with Gasteiger partial charge in [0.2, 0.25) is 0 Å². The van der Waals surface area contributed by atoms with E-state index in [0.717, 1.165) is 0 Å². The number of benzene rings is 2. The average molecular weight is 498 g/mol. The topological polar surface area (TPSA) is 126 Å². The number of hydrogen-bond acceptors (Lipinski definition) is 8. The molecule has 0 amide bonds. The van der Waals surface area contributed by atoms with Crippen LogP contribution in [0.15, 0.2) is 36.5 Å². The molecular weight excluding hydrogens is 474 g/mol. The van der Waals surface area contributed by atoms with E-state index < -0.39 is 29.5 Å². The fourth-order valence-corrected chi connectivity index (χ4v) is 4.62. The van der Waals surface area contributed by atoms with Crippen LogP contribution in [0.3, 0.4) is 0 Å². The van der Waals surface area contributed by atoms with Crippen LogP contribution < -0.4 is 0 Å². The lowest BCUT2D eigenvalue weighted by Gasteiger charge is -2.24. The van der Waals surface area contributed by atoms with Crippen molar-refractivity contribution in [1.29, 1.82) is 0 Å². The number of rotatable bonds is 6. The Labute approximate surface area is 206 Å². The Morgan fingerprint density at radius 1 is 1.20 bits per heavy atom. The number of carbonyl (C=O) groups excluding carboxylic acids is 2. The second-order valence-electron chi connectivity index (χ2n) is 8.39. The van der Waals surface area contributed by atoms with Crippen LogP contribution in [0.5, 0.6) is 17.2 Å². The molecule has 3 N–H and O–H groups in total. The van der Waals surface area contributed by atoms with Gasteiger partial charge in [0, 0.05) is 39.4 Å². The first-order valence-corrected chi connectivity index (χ1v) is 11.2. The normalized spacial score (nSPS) is 15.5. The number of phenolic OH excluding ortho intramolecular Hbond substituents is 2. The molecule has 2 atom stereocenters. The summed E-state index contributed by atoms with van der Waals surface area (Å²) < 4.78 is 10.7. The molecule has 1 aliphatic heterocycles. The third-order valence-corrected chi connectivity index (χ3v) is 6.46. The molecule has 182 valence electrons. The van der Waals surface area contributed by atoms with Gasteiger partial charge in [-0.05, 0) is 37.6 Å². The van der Waals surface area contributed by atoms with Gasteiger partial charge in [0.05, 0.1) is 31.4 Å². The lowest BCUT2D eigenvalue weighted by atomic mass is 9.83. The Hall–Kier alpha value is -3.62. The van der Waals surface area contributed by atoms with Gasteiger partial charge in [0.15, 0.2) is 5.78 Å². The molecule has 8 nitrogen and oxygen atoms in total. The van der Waals surface area contributed by atoms with Crippen molar-refractivity contribution in [2.75, 3.05) is 7.11 Å². The van der Waals surface area contributed by atoms with Gasteiger partial charge in [-0.2, -0.15) is 0 Å². The average Bonchev–Trinajstić information content (AvgIpc) is 3.25. The molecule has 0 fully saturated rings. The van der Waals surface area contributed by atoms with Gasteiger partial charge in [-0.1, -0.05) is 23.7 Å². The highest BCUT2D eigenvalue weighted by atomic mass is 35.5. The summed E-state index contributed by atoms with van der Waals surface area (Å²) in [5.74, 6) is -2.85. The minimum Gasteiger partial charge on any atom is -0.507 e. The second-order valence-corrected chi connectivity index (χ2v) is 8.83. The Balaban J connectivity index is 1.99. The van der Waals surface area contributed by atoms with Crippen LogP contribution in [0.2, 0.25) is 5.02 Å². The number of aromatic nitrogens is 1. The number of aryl methyl sites for hydroxylation is 1. The van der Waals surface area contributed by atoms with Crippen LogP contribution in [-0.4, -0.2) is 39.2 Å². The zero-order valence-corrected chi connectivity index (χ0v) is 20.1. The van der Waals surface area contributed by atoms with Gasteiger partial charge < -0.3 is 24.8 Å². The van der Waals surface area contributed by atoms with E-state index in [0.29, 0.717) is 27.4 Å². The number of hydrogen-bond donors (Lipinski definition) is 3. The standard InChI is InChI=1S/C26H24ClNO7/c1-12-23(31)21-15(10-28-12)11-35-26(21)19-8-17(13(2)29)24(32)22(25(19)33)18(9-20(30)34-3)14-5-4-6-16(27)7-14/h4-8,10,18,26,31-33H,9,11H2,1-3H3/t18-,26-/m1/s1. The Morgan fingerprint density at radius 3 is 2.60 bits per heavy atom. The van der Waals surface area contributed by atoms with Crippen LogP contribution in [-0.2, 0) is 20.9 Å². The minimum absolute atomic E-state index is 0.0392. The second kappa shape index (κ2) is 9.56. The van der Waals surface area contributed by atoms with Crippen molar-refractivity contribution >= 4 is 23.4 Å². The summed E-state index contributed by atoms with van der Waals surface area (Å²) in [5, 5.41) is 33.7. The molecule has 0 saturated carbocycles. The minimum atomic E-state index is -0.928. The number of pyridine rings is 1. The molecule has 0 unspecified atom stereocenters. The third kappa shape index (κ3) is 4.42. The molecule has 0 bridgehead atoms. The van der Waals surface area contributed by atoms with Crippen LogP contribution in [0.1, 0.15) is 69.2 Å². The van der Waals surface area contributed by atoms with E-state index in [2.05, 4.69) is 4.98 Å². The number of esters is 1. The van der Waals surface area contributed by atoms with Gasteiger partial charge in [-0.25, -0.2) is 0 Å². The molecule has 0 radical (unpaired) electrons. The zero-order valence-electron chi connectivity index (χ0n) is 19.3. The van der Waals surface area contributed by atoms with E-state index in [1.54, 1.807) is 37.4 Å². The Morgan fingerprint density at radius 2 is 1.94 bits per heavy atom. The smallest absolute Gasteiger partial charge is 0.306 e. The predicted octanol–water partition coefficient (Wildman–Crippen LogP) is 4.68. The number of carbonyl (C=O) groups is 2. The molecule has 1 aliphatic rings. The summed E-state index contributed by atoms with van der Waals surface area (Å²) in [7, 11) is 1.23. The molecule has 4 rings (SSSR count). The summed E-state index contributed by atoms with van der Waals surface area (Å²) in [6, 6.07) is 7.98. The van der Waals surface area contributed by atoms with E-state index in [1.807, 2.05) is 0 Å². The summed E-state index contributed by atoms with van der Waals surface area (Å²) >= 11 is 6.18. The van der Waals surface area contributed by atoms with E-state index in [1.165, 1.54) is 20.1 Å². The van der Waals surface area contributed by atoms with E-state index in [-0.39, 0.29) is 41.2 Å². The number of ketones is 1. The highest BCUT2D eigenvalue weighted by Gasteiger charge is 2.36. The van der Waals surface area contributed by atoms with E-state index in [4.69, 9.17) is 21.1 Å². The van der Waals surface area contributed by atoms with Crippen molar-refractivity contribution in [2.45, 2.75) is 38.9 Å². The number of halogens is 1. The van der Waals surface area contributed by atoms with Gasteiger partial charge in [-0.3, -0.25) is 14.6 Å². The molecule has 1 aromatic heterocycles. The fraction of sp³-hybridized carbons (Fsp3) is 0.269. The molecule has 9 heteroatoms. The van der Waals surface area contributed by atoms with Crippen LogP contribution in [0.25, 0.3) is 0 Å². The Bertz CT molecular complexity index is 1340. The molecule has 0 saturated heterocycles. The van der Waals surface area contributed by atoms with Crippen LogP contribution in [0.4, 0.5) is 0 Å². The molecule has 3 aromatic rings. The van der Waals surface area contributed by atoms with Crippen LogP contribution in [0, 0.1) is 6.92 Å². The predicted molar refractivity (Wildman–Crippen MR) is 127 cm³/mol. The van der Waals surface area contributed by atoms with Crippen molar-refractivity contribution in [2.24, 2.45) is 0 Å². The maximum atomic E-state index is 12.5. The first-order chi connectivity index (χ1) is 16.6. The fourth-order valence-electron chi connectivity index (χ4n) is 4.42. The van der Waals surface area contributed by atoms with Crippen LogP contribution >= 0.6 is 11.6 Å². The number of phenols is 2. The number of ether oxygens (including phenoxy) is 2. The number of nitrogens with zero attached hydrogens (tertiary/aromatic N) is 1. The summed E-state index contributed by atoms with van der Waals surface area (Å²) in [5.41, 5.74) is 2.03. The van der Waals surface area contributed by atoms with Crippen molar-refractivity contribution in [1.82, 2.24) is 4.98 Å². The van der Waals surface area contributed by atoms with Gasteiger partial charge in [-0.15, -0.1) is 0 Å². The lowest BCUT2D eigenvalue weighted by molar-refractivity contribution is -0.140. The third-order valence-electron chi connectivity index (χ3n) is 6.22. The molecule has 2 aromatic carbocycles. The zero-order chi connectivity index (χ0) is 25.4. The number of methoxy groups -OCH3 is 1. The SMILES string of the molecule is COC(=O)C[C@H](c1cccc(Cl)c1)c1c(O)c(C(C)=O)cc([C@H]2OCc3cnc(C)c(O)c32)c1O. The number of fused-ring (bicyclic) bond motifs is 1. The first kappa shape index (κ1) is 24.5. The number of Topliss-reactive ketones (excluding diaryl/α,β-unsaturated/α-hetero) is 1. The van der Waals surface area contributed by atoms with Crippen molar-refractivity contribution in [3.8, 4) is 17.2 Å². The molecule has 0 aliphatic carbocycles. The summed E-state index contributed by atoms with van der Waals surface area (Å²) in [6.07, 6.45) is 0.415. The molecule has 0 spiro atoms. The summed E-state index contributed by atoms with van der Waals surface area (Å²) in [6.45, 7) is 3.05. The van der Waals surface area contributed by atoms with Gasteiger partial charge in [0.25, 0.3) is 0 Å². The monoisotopic (exact) mass is 497 g/mol. The van der Waals surface area contributed by atoms with Gasteiger partial charge >= 0.3 is 5.97 Å². The molecule has 35 heavy (non-hydrogen) atoms. The van der Waals surface area contributed by atoms with Crippen molar-refractivity contribution in [3.63, 3.8) is 0 Å². The van der Waals surface area contributed by atoms with E-state index >= 15 is 0 Å². The molecular formula is C26H24ClNO7. The van der Waals surface area contributed by atoms with Crippen molar-refractivity contribution < 1.29 is 34.4 Å². The highest BCUT2D eigenvalue weighted by molar-refractivity contribution is 6.30. The molecule has 2 heterocycles. The maximum Gasteiger partial charge on any atom is 0.306 e. The van der Waals surface area contributed by atoms with E-state index in [9.17, 15) is 24.9 Å². The van der Waals surface area contributed by atoms with Crippen molar-refractivity contribution in [3.05, 3.63) is 80.6 Å². The largest absolute Gasteiger partial charge is 0.507 e. The lowest BCUT2D eigenvalue weighted by Crippen LogP contribution is -2.13. The Kier molecular flexibility index (Phi) is 6.69. The van der Waals surface area contributed by atoms with Gasteiger partial charge in [0.1, 0.15) is 23.4 Å². The number of aromatic hydroxyl groups is 3. The summed E-state index contributed by atoms with van der Waals surface area (Å²) in [4.78, 5) is 29.0. The highest BCUT2D eigenvalue weighted by Crippen LogP contribution is 2.50. The quantitative estimate of drug-likeness (QED) is 0.331. The maximum absolute atomic E-state index is 12.5. The first-order valence-electron chi connectivity index (χ1n) is 10.8.